The molecule has 1 atom stereocenters. The number of halogens is 1. The third-order valence-electron chi connectivity index (χ3n) is 1.16. The smallest absolute Gasteiger partial charge is 0.230 e. The summed E-state index contributed by atoms with van der Waals surface area (Å²) in [4.78, 5) is 10.7. The van der Waals surface area contributed by atoms with Crippen LogP contribution in [-0.4, -0.2) is 30.5 Å². The number of alkyl halides is 1. The van der Waals surface area contributed by atoms with Crippen molar-refractivity contribution in [2.75, 3.05) is 18.5 Å². The molecule has 0 spiro atoms. The Morgan fingerprint density at radius 1 is 1.73 bits per heavy atom. The Labute approximate surface area is 75.6 Å². The Morgan fingerprint density at radius 2 is 2.36 bits per heavy atom. The fourth-order valence-electron chi connectivity index (χ4n) is 0.648. The van der Waals surface area contributed by atoms with Gasteiger partial charge in [-0.1, -0.05) is 15.9 Å². The highest BCUT2D eigenvalue weighted by molar-refractivity contribution is 9.09. The standard InChI is InChI=1S/C7H14BrNO2/c1-3-11-6(2)5-9-7(10)4-8/h6H,3-5H2,1-2H3,(H,9,10). The SMILES string of the molecule is CCOC(C)CNC(=O)CBr. The van der Waals surface area contributed by atoms with Gasteiger partial charge >= 0.3 is 0 Å². The maximum absolute atomic E-state index is 10.7. The van der Waals surface area contributed by atoms with Crippen LogP contribution in [0, 0.1) is 0 Å². The zero-order valence-electron chi connectivity index (χ0n) is 6.89. The van der Waals surface area contributed by atoms with E-state index in [1.165, 1.54) is 0 Å². The Kier molecular flexibility index (Phi) is 6.56. The molecule has 4 heteroatoms. The number of amides is 1. The van der Waals surface area contributed by atoms with Crippen molar-refractivity contribution in [1.82, 2.24) is 5.32 Å². The molecule has 1 N–H and O–H groups in total. The van der Waals surface area contributed by atoms with Crippen LogP contribution in [0.4, 0.5) is 0 Å². The summed E-state index contributed by atoms with van der Waals surface area (Å²) in [5, 5.41) is 3.06. The average Bonchev–Trinajstić information content (AvgIpc) is 2.01. The van der Waals surface area contributed by atoms with Crippen LogP contribution in [0.2, 0.25) is 0 Å². The third kappa shape index (κ3) is 6.31. The maximum atomic E-state index is 10.7. The summed E-state index contributed by atoms with van der Waals surface area (Å²) in [7, 11) is 0. The summed E-state index contributed by atoms with van der Waals surface area (Å²) < 4.78 is 5.21. The highest BCUT2D eigenvalue weighted by Crippen LogP contribution is 1.87. The zero-order chi connectivity index (χ0) is 8.69. The normalized spacial score (nSPS) is 12.6. The Balaban J connectivity index is 3.29. The number of hydrogen-bond acceptors (Lipinski definition) is 2. The molecule has 1 unspecified atom stereocenters. The fourth-order valence-corrected chi connectivity index (χ4v) is 0.847. The monoisotopic (exact) mass is 223 g/mol. The summed E-state index contributed by atoms with van der Waals surface area (Å²) in [6.45, 7) is 5.13. The molecule has 0 aromatic heterocycles. The van der Waals surface area contributed by atoms with Gasteiger partial charge in [-0.3, -0.25) is 4.79 Å². The van der Waals surface area contributed by atoms with Crippen molar-refractivity contribution in [1.29, 1.82) is 0 Å². The second-order valence-corrected chi connectivity index (χ2v) is 2.76. The van der Waals surface area contributed by atoms with Gasteiger partial charge in [0.15, 0.2) is 0 Å². The van der Waals surface area contributed by atoms with E-state index in [1.807, 2.05) is 13.8 Å². The summed E-state index contributed by atoms with van der Waals surface area (Å²) in [5.41, 5.74) is 0. The van der Waals surface area contributed by atoms with Gasteiger partial charge < -0.3 is 10.1 Å². The lowest BCUT2D eigenvalue weighted by atomic mass is 10.4. The molecule has 0 saturated carbocycles. The molecule has 1 amide bonds. The van der Waals surface area contributed by atoms with Gasteiger partial charge in [-0.15, -0.1) is 0 Å². The molecule has 0 rings (SSSR count). The zero-order valence-corrected chi connectivity index (χ0v) is 8.48. The predicted octanol–water partition coefficient (Wildman–Crippen LogP) is 0.922. The van der Waals surface area contributed by atoms with Gasteiger partial charge in [0.1, 0.15) is 0 Å². The van der Waals surface area contributed by atoms with Crippen molar-refractivity contribution in [3.63, 3.8) is 0 Å². The van der Waals surface area contributed by atoms with Gasteiger partial charge in [-0.2, -0.15) is 0 Å². The van der Waals surface area contributed by atoms with E-state index >= 15 is 0 Å². The molecule has 0 aliphatic carbocycles. The first-order chi connectivity index (χ1) is 5.20. The van der Waals surface area contributed by atoms with Crippen LogP contribution >= 0.6 is 15.9 Å². The number of rotatable bonds is 5. The Bertz CT molecular complexity index is 119. The van der Waals surface area contributed by atoms with Crippen LogP contribution < -0.4 is 5.32 Å². The van der Waals surface area contributed by atoms with Gasteiger partial charge in [-0.25, -0.2) is 0 Å². The fraction of sp³-hybridized carbons (Fsp3) is 0.857. The summed E-state index contributed by atoms with van der Waals surface area (Å²) in [6.07, 6.45) is 0.1000. The first-order valence-electron chi connectivity index (χ1n) is 3.65. The molecule has 0 bridgehead atoms. The van der Waals surface area contributed by atoms with Crippen LogP contribution in [0.1, 0.15) is 13.8 Å². The molecule has 3 nitrogen and oxygen atoms in total. The lowest BCUT2D eigenvalue weighted by molar-refractivity contribution is -0.119. The van der Waals surface area contributed by atoms with Crippen LogP contribution in [-0.2, 0) is 9.53 Å². The minimum absolute atomic E-state index is 0.00319. The maximum Gasteiger partial charge on any atom is 0.230 e. The van der Waals surface area contributed by atoms with Crippen molar-refractivity contribution in [2.24, 2.45) is 0 Å². The van der Waals surface area contributed by atoms with Gasteiger partial charge in [-0.05, 0) is 13.8 Å². The lowest BCUT2D eigenvalue weighted by Crippen LogP contribution is -2.32. The number of carbonyl (C=O) groups excluding carboxylic acids is 1. The van der Waals surface area contributed by atoms with E-state index in [9.17, 15) is 4.79 Å². The summed E-state index contributed by atoms with van der Waals surface area (Å²) >= 11 is 3.05. The van der Waals surface area contributed by atoms with Crippen LogP contribution in [0.3, 0.4) is 0 Å². The van der Waals surface area contributed by atoms with Gasteiger partial charge in [0.2, 0.25) is 5.91 Å². The lowest BCUT2D eigenvalue weighted by Gasteiger charge is -2.11. The molecule has 0 heterocycles. The third-order valence-corrected chi connectivity index (χ3v) is 1.67. The van der Waals surface area contributed by atoms with E-state index in [-0.39, 0.29) is 12.0 Å². The van der Waals surface area contributed by atoms with Gasteiger partial charge in [0, 0.05) is 13.2 Å². The van der Waals surface area contributed by atoms with Crippen molar-refractivity contribution < 1.29 is 9.53 Å². The van der Waals surface area contributed by atoms with Gasteiger partial charge in [0.25, 0.3) is 0 Å². The van der Waals surface area contributed by atoms with Gasteiger partial charge in [0.05, 0.1) is 11.4 Å². The second-order valence-electron chi connectivity index (χ2n) is 2.20. The quantitative estimate of drug-likeness (QED) is 0.705. The van der Waals surface area contributed by atoms with Crippen LogP contribution in [0.15, 0.2) is 0 Å². The molecule has 0 aliphatic heterocycles. The molecule has 0 radical (unpaired) electrons. The van der Waals surface area contributed by atoms with E-state index in [0.717, 1.165) is 0 Å². The molecule has 11 heavy (non-hydrogen) atoms. The minimum Gasteiger partial charge on any atom is -0.377 e. The summed E-state index contributed by atoms with van der Waals surface area (Å²) in [6, 6.07) is 0. The average molecular weight is 224 g/mol. The van der Waals surface area contributed by atoms with E-state index in [1.54, 1.807) is 0 Å². The largest absolute Gasteiger partial charge is 0.377 e. The van der Waals surface area contributed by atoms with Crippen LogP contribution in [0.25, 0.3) is 0 Å². The molecule has 0 aromatic rings. The van der Waals surface area contributed by atoms with Crippen LogP contribution in [0.5, 0.6) is 0 Å². The highest BCUT2D eigenvalue weighted by atomic mass is 79.9. The van der Waals surface area contributed by atoms with Crippen molar-refractivity contribution in [3.05, 3.63) is 0 Å². The number of nitrogens with one attached hydrogen (secondary N) is 1. The Hall–Kier alpha value is -0.0900. The molecule has 0 fully saturated rings. The minimum atomic E-state index is -0.00319. The topological polar surface area (TPSA) is 38.3 Å². The van der Waals surface area contributed by atoms with E-state index < -0.39 is 0 Å². The van der Waals surface area contributed by atoms with E-state index in [2.05, 4.69) is 21.2 Å². The van der Waals surface area contributed by atoms with E-state index in [0.29, 0.717) is 18.5 Å². The number of carbonyl (C=O) groups is 1. The highest BCUT2D eigenvalue weighted by Gasteiger charge is 2.02. The number of ether oxygens (including phenoxy) is 1. The van der Waals surface area contributed by atoms with Crippen molar-refractivity contribution >= 4 is 21.8 Å². The van der Waals surface area contributed by atoms with Crippen molar-refractivity contribution in [2.45, 2.75) is 20.0 Å². The second kappa shape index (κ2) is 6.61. The molecular formula is C7H14BrNO2. The first kappa shape index (κ1) is 10.9. The van der Waals surface area contributed by atoms with E-state index in [4.69, 9.17) is 4.74 Å². The molecule has 0 aliphatic rings. The molecule has 0 saturated heterocycles. The first-order valence-corrected chi connectivity index (χ1v) is 4.77. The number of hydrogen-bond donors (Lipinski definition) is 1. The predicted molar refractivity (Wildman–Crippen MR) is 47.9 cm³/mol. The molecule has 66 valence electrons. The summed E-state index contributed by atoms with van der Waals surface area (Å²) in [5.74, 6) is -0.00319. The molecule has 0 aromatic carbocycles. The van der Waals surface area contributed by atoms with Crippen molar-refractivity contribution in [3.8, 4) is 0 Å². The Morgan fingerprint density at radius 3 is 2.82 bits per heavy atom. The molecular weight excluding hydrogens is 210 g/mol.